The molecule has 0 radical (unpaired) electrons. The fourth-order valence-electron chi connectivity index (χ4n) is 5.77. The van der Waals surface area contributed by atoms with Crippen LogP contribution in [0.1, 0.15) is 35.6 Å². The lowest BCUT2D eigenvalue weighted by molar-refractivity contribution is 0.669. The van der Waals surface area contributed by atoms with E-state index in [1.807, 2.05) is 0 Å². The van der Waals surface area contributed by atoms with E-state index in [0.717, 1.165) is 0 Å². The van der Waals surface area contributed by atoms with Gasteiger partial charge in [-0.1, -0.05) is 133 Å². The zero-order valence-electron chi connectivity index (χ0n) is 48.4. The highest BCUT2D eigenvalue weighted by Crippen LogP contribution is 2.47. The Morgan fingerprint density at radius 3 is 1.64 bits per heavy atom. The zero-order chi connectivity index (χ0) is 52.1. The first-order valence-corrected chi connectivity index (χ1v) is 13.4. The summed E-state index contributed by atoms with van der Waals surface area (Å²) >= 11 is 0. The van der Waals surface area contributed by atoms with Gasteiger partial charge in [-0.25, -0.2) is 0 Å². The van der Waals surface area contributed by atoms with Gasteiger partial charge in [0.05, 0.1) is 35.6 Å². The van der Waals surface area contributed by atoms with Gasteiger partial charge in [-0.05, 0) is 100 Å². The van der Waals surface area contributed by atoms with Crippen LogP contribution in [0, 0.1) is 0 Å². The van der Waals surface area contributed by atoms with E-state index in [2.05, 4.69) is 0 Å². The Bertz CT molecular complexity index is 4210. The van der Waals surface area contributed by atoms with E-state index < -0.39 is 255 Å². The fraction of sp³-hybridized carbons (Fsp3) is 0. The van der Waals surface area contributed by atoms with E-state index in [1.54, 1.807) is 0 Å². The van der Waals surface area contributed by atoms with Crippen LogP contribution < -0.4 is 0 Å². The summed E-state index contributed by atoms with van der Waals surface area (Å²) in [5.74, 6) is 0. The molecule has 0 fully saturated rings. The molecule has 45 heavy (non-hydrogen) atoms. The summed E-state index contributed by atoms with van der Waals surface area (Å²) in [5, 5.41) is -7.12. The number of furan rings is 1. The second-order valence-corrected chi connectivity index (χ2v) is 10.0. The molecule has 0 N–H and O–H groups in total. The Morgan fingerprint density at radius 2 is 0.911 bits per heavy atom. The van der Waals surface area contributed by atoms with Crippen LogP contribution >= 0.6 is 0 Å². The summed E-state index contributed by atoms with van der Waals surface area (Å²) in [5.41, 5.74) is -4.00. The van der Waals surface area contributed by atoms with Crippen LogP contribution in [-0.2, 0) is 0 Å². The summed E-state index contributed by atoms with van der Waals surface area (Å²) in [4.78, 5) is 0. The van der Waals surface area contributed by atoms with Gasteiger partial charge in [0.25, 0.3) is 0 Å². The SMILES string of the molecule is [2H]c1c(-c2c3c([2H])c([2H])c([2H])c([2H])c3c(-c3c([2H])c([2H])c([2H])c4c([2H])c([2H])c5c([2H])c([2H])c([2H])c([2H])c5c34)c3c([2H])c([2H])c([2H])c([2H])c23)c([2H])c2c(oc3c([2H])c4c([2H])c([2H])c([2H])c([2H])c4c([2H])c32)c1[2H]. The molecule has 0 aliphatic carbocycles. The highest BCUT2D eigenvalue weighted by atomic mass is 16.3. The molecule has 0 aliphatic rings. The maximum atomic E-state index is 9.85. The monoisotopic (exact) mass is 596 g/mol. The van der Waals surface area contributed by atoms with Crippen molar-refractivity contribution < 1.29 is 40.1 Å². The zero-order valence-corrected chi connectivity index (χ0v) is 22.4. The van der Waals surface area contributed by atoms with E-state index in [4.69, 9.17) is 27.7 Å². The van der Waals surface area contributed by atoms with Gasteiger partial charge in [-0.15, -0.1) is 0 Å². The van der Waals surface area contributed by atoms with Gasteiger partial charge >= 0.3 is 0 Å². The molecular weight excluding hydrogens is 544 g/mol. The first-order chi connectivity index (χ1) is 33.2. The van der Waals surface area contributed by atoms with Crippen molar-refractivity contribution >= 4 is 75.8 Å². The molecule has 0 saturated heterocycles. The predicted octanol–water partition coefficient (Wildman–Crippen LogP) is 12.7. The smallest absolute Gasteiger partial charge is 0.136 e. The number of benzene rings is 9. The van der Waals surface area contributed by atoms with E-state index in [9.17, 15) is 12.3 Å². The van der Waals surface area contributed by atoms with Crippen LogP contribution in [0.15, 0.2) is 162 Å². The maximum Gasteiger partial charge on any atom is 0.136 e. The molecule has 0 unspecified atom stereocenters. The molecule has 0 spiro atoms. The highest BCUT2D eigenvalue weighted by Gasteiger charge is 2.19. The van der Waals surface area contributed by atoms with Crippen molar-refractivity contribution in [1.29, 1.82) is 0 Å². The first-order valence-electron chi connectivity index (χ1n) is 26.4. The van der Waals surface area contributed by atoms with Crippen LogP contribution in [0.2, 0.25) is 0 Å². The molecule has 208 valence electrons. The van der Waals surface area contributed by atoms with Crippen molar-refractivity contribution in [2.75, 3.05) is 0 Å². The van der Waals surface area contributed by atoms with Gasteiger partial charge in [0.2, 0.25) is 0 Å². The van der Waals surface area contributed by atoms with Gasteiger partial charge in [-0.3, -0.25) is 0 Å². The molecule has 1 nitrogen and oxygen atoms in total. The molecule has 0 bridgehead atoms. The van der Waals surface area contributed by atoms with Crippen molar-refractivity contribution in [2.45, 2.75) is 0 Å². The number of rotatable bonds is 2. The molecule has 0 amide bonds. The van der Waals surface area contributed by atoms with Crippen LogP contribution in [0.5, 0.6) is 0 Å². The quantitative estimate of drug-likeness (QED) is 0.143. The molecule has 10 aromatic rings. The van der Waals surface area contributed by atoms with Gasteiger partial charge in [0.1, 0.15) is 11.2 Å². The number of hydrogen-bond donors (Lipinski definition) is 0. The molecule has 0 aliphatic heterocycles. The molecule has 10 rings (SSSR count). The summed E-state index contributed by atoms with van der Waals surface area (Å²) in [6, 6.07) is -22.8. The van der Waals surface area contributed by atoms with Gasteiger partial charge in [0.15, 0.2) is 0 Å². The van der Waals surface area contributed by atoms with Gasteiger partial charge < -0.3 is 4.42 Å². The van der Waals surface area contributed by atoms with E-state index >= 15 is 0 Å². The summed E-state index contributed by atoms with van der Waals surface area (Å²) in [6.45, 7) is 0. The average Bonchev–Trinajstić information content (AvgIpc) is 3.76. The lowest BCUT2D eigenvalue weighted by Crippen LogP contribution is -1.92. The van der Waals surface area contributed by atoms with Crippen LogP contribution in [0.3, 0.4) is 0 Å². The maximum absolute atomic E-state index is 9.85. The van der Waals surface area contributed by atoms with Crippen molar-refractivity contribution in [3.05, 3.63) is 157 Å². The predicted molar refractivity (Wildman–Crippen MR) is 192 cm³/mol. The molecule has 1 aromatic heterocycles. The normalized spacial score (nSPS) is 20.1. The Labute approximate surface area is 296 Å². The third-order valence-corrected chi connectivity index (χ3v) is 7.64. The number of fused-ring (bicyclic) bond motifs is 9. The van der Waals surface area contributed by atoms with Gasteiger partial charge in [0, 0.05) is 10.8 Å². The van der Waals surface area contributed by atoms with E-state index in [1.165, 1.54) is 0 Å². The summed E-state index contributed by atoms with van der Waals surface area (Å²) in [6.07, 6.45) is 0. The Hall–Kier alpha value is -5.92. The summed E-state index contributed by atoms with van der Waals surface area (Å²) in [7, 11) is 0. The Balaban J connectivity index is 1.56. The van der Waals surface area contributed by atoms with Crippen molar-refractivity contribution in [1.82, 2.24) is 0 Å². The van der Waals surface area contributed by atoms with Crippen molar-refractivity contribution in [3.8, 4) is 22.3 Å². The van der Waals surface area contributed by atoms with E-state index in [-0.39, 0.29) is 0 Å². The molecule has 1 heterocycles. The molecule has 0 saturated carbocycles. The van der Waals surface area contributed by atoms with Crippen LogP contribution in [0.4, 0.5) is 0 Å². The molecule has 0 atom stereocenters. The molecule has 9 aromatic carbocycles. The second-order valence-electron chi connectivity index (χ2n) is 10.0. The minimum atomic E-state index is -0.984. The lowest BCUT2D eigenvalue weighted by Gasteiger charge is -2.19. The van der Waals surface area contributed by atoms with Gasteiger partial charge in [-0.2, -0.15) is 0 Å². The van der Waals surface area contributed by atoms with Crippen LogP contribution in [0.25, 0.3) is 98.1 Å². The average molecular weight is 597 g/mol. The van der Waals surface area contributed by atoms with Crippen molar-refractivity contribution in [3.63, 3.8) is 0 Å². The van der Waals surface area contributed by atoms with E-state index in [0.29, 0.717) is 0 Å². The molecular formula is C44H26O. The molecule has 1 heteroatoms. The topological polar surface area (TPSA) is 13.1 Å². The largest absolute Gasteiger partial charge is 0.456 e. The highest BCUT2D eigenvalue weighted by molar-refractivity contribution is 6.26. The fourth-order valence-corrected chi connectivity index (χ4v) is 5.77. The standard InChI is InChI=1S/C44H26O/c1-2-12-30-26-41-39(24-29(30)11-1)38-25-31(22-23-40(38)45-41)43-33-15-5-7-17-35(33)44(36-18-8-6-16-34(36)43)37-19-9-13-28-21-20-27-10-3-4-14-32(27)42(28)37/h1-26H/i1D,2D,3D,4D,5D,6D,7D,8D,9D,10D,11D,12D,13D,14D,15D,16D,17D,18D,19D,20D,21D,22D,23D,24D,25D,26D. The lowest BCUT2D eigenvalue weighted by atomic mass is 9.84. The minimum Gasteiger partial charge on any atom is -0.456 e. The van der Waals surface area contributed by atoms with Crippen LogP contribution in [-0.4, -0.2) is 0 Å². The first kappa shape index (κ1) is 10.3. The Kier molecular flexibility index (Phi) is 2.13. The minimum absolute atomic E-state index is 0.438. The third kappa shape index (κ3) is 3.56. The third-order valence-electron chi connectivity index (χ3n) is 7.64. The Morgan fingerprint density at radius 1 is 0.356 bits per heavy atom. The summed E-state index contributed by atoms with van der Waals surface area (Å²) < 4.78 is 241. The number of hydrogen-bond acceptors (Lipinski definition) is 1. The van der Waals surface area contributed by atoms with Crippen molar-refractivity contribution in [2.24, 2.45) is 0 Å². The second kappa shape index (κ2) is 9.29.